The molecule has 1 heterocycles. The smallest absolute Gasteiger partial charge is 0.127 e. The highest BCUT2D eigenvalue weighted by molar-refractivity contribution is 5.62. The fourth-order valence-electron chi connectivity index (χ4n) is 1.36. The van der Waals surface area contributed by atoms with Crippen molar-refractivity contribution in [3.63, 3.8) is 0 Å². The minimum absolute atomic E-state index is 0.188. The van der Waals surface area contributed by atoms with Gasteiger partial charge in [-0.05, 0) is 17.7 Å². The van der Waals surface area contributed by atoms with Crippen LogP contribution in [0.25, 0.3) is 11.1 Å². The third-order valence-corrected chi connectivity index (χ3v) is 2.16. The van der Waals surface area contributed by atoms with Gasteiger partial charge < -0.3 is 5.73 Å². The van der Waals surface area contributed by atoms with Crippen molar-refractivity contribution >= 4 is 0 Å². The Bertz CT molecular complexity index is 457. The van der Waals surface area contributed by atoms with Crippen LogP contribution in [0.5, 0.6) is 0 Å². The minimum atomic E-state index is -0.280. The topological polar surface area (TPSA) is 51.8 Å². The first-order valence-corrected chi connectivity index (χ1v) is 4.55. The standard InChI is InChI=1S/C11H10FN3/c12-11-2-1-8(3-9(11)4-13)10-5-14-7-15-6-10/h1-3,5-7H,4,13H2. The predicted octanol–water partition coefficient (Wildman–Crippen LogP) is 1.74. The molecule has 0 atom stereocenters. The minimum Gasteiger partial charge on any atom is -0.326 e. The fraction of sp³-hybridized carbons (Fsp3) is 0.0909. The van der Waals surface area contributed by atoms with Crippen LogP contribution in [-0.2, 0) is 6.54 Å². The zero-order valence-corrected chi connectivity index (χ0v) is 8.02. The van der Waals surface area contributed by atoms with Crippen LogP contribution in [0.1, 0.15) is 5.56 Å². The molecule has 1 aromatic carbocycles. The molecule has 0 bridgehead atoms. The van der Waals surface area contributed by atoms with Crippen LogP contribution < -0.4 is 5.73 Å². The first kappa shape index (κ1) is 9.73. The van der Waals surface area contributed by atoms with Crippen LogP contribution in [0, 0.1) is 5.82 Å². The summed E-state index contributed by atoms with van der Waals surface area (Å²) in [6, 6.07) is 4.81. The number of hydrogen-bond donors (Lipinski definition) is 1. The molecule has 0 amide bonds. The van der Waals surface area contributed by atoms with Gasteiger partial charge in [0.1, 0.15) is 12.1 Å². The van der Waals surface area contributed by atoms with Gasteiger partial charge in [0.05, 0.1) is 0 Å². The molecule has 15 heavy (non-hydrogen) atoms. The highest BCUT2D eigenvalue weighted by Gasteiger charge is 2.03. The summed E-state index contributed by atoms with van der Waals surface area (Å²) < 4.78 is 13.2. The lowest BCUT2D eigenvalue weighted by Crippen LogP contribution is -1.99. The summed E-state index contributed by atoms with van der Waals surface area (Å²) in [5, 5.41) is 0. The molecule has 0 saturated carbocycles. The monoisotopic (exact) mass is 203 g/mol. The zero-order valence-electron chi connectivity index (χ0n) is 8.02. The molecule has 0 aliphatic heterocycles. The van der Waals surface area contributed by atoms with Gasteiger partial charge in [-0.3, -0.25) is 0 Å². The van der Waals surface area contributed by atoms with E-state index >= 15 is 0 Å². The van der Waals surface area contributed by atoms with Gasteiger partial charge >= 0.3 is 0 Å². The summed E-state index contributed by atoms with van der Waals surface area (Å²) in [7, 11) is 0. The van der Waals surface area contributed by atoms with E-state index in [1.165, 1.54) is 12.4 Å². The number of nitrogens with two attached hydrogens (primary N) is 1. The highest BCUT2D eigenvalue weighted by Crippen LogP contribution is 2.20. The van der Waals surface area contributed by atoms with Crippen LogP contribution in [0.3, 0.4) is 0 Å². The molecule has 2 rings (SSSR count). The lowest BCUT2D eigenvalue weighted by atomic mass is 10.1. The molecule has 1 aromatic heterocycles. The van der Waals surface area contributed by atoms with Gasteiger partial charge in [0.15, 0.2) is 0 Å². The lowest BCUT2D eigenvalue weighted by Gasteiger charge is -2.04. The molecule has 0 aliphatic carbocycles. The maximum Gasteiger partial charge on any atom is 0.127 e. The second-order valence-corrected chi connectivity index (χ2v) is 3.14. The number of rotatable bonds is 2. The van der Waals surface area contributed by atoms with Crippen molar-refractivity contribution in [3.8, 4) is 11.1 Å². The lowest BCUT2D eigenvalue weighted by molar-refractivity contribution is 0.611. The molecule has 2 aromatic rings. The van der Waals surface area contributed by atoms with E-state index in [1.54, 1.807) is 24.5 Å². The van der Waals surface area contributed by atoms with Gasteiger partial charge in [0.25, 0.3) is 0 Å². The van der Waals surface area contributed by atoms with Gasteiger partial charge in [0.2, 0.25) is 0 Å². The van der Waals surface area contributed by atoms with E-state index in [4.69, 9.17) is 5.73 Å². The first-order chi connectivity index (χ1) is 7.31. The van der Waals surface area contributed by atoms with Crippen molar-refractivity contribution in [2.75, 3.05) is 0 Å². The zero-order chi connectivity index (χ0) is 10.7. The Morgan fingerprint density at radius 1 is 1.13 bits per heavy atom. The Kier molecular flexibility index (Phi) is 2.69. The van der Waals surface area contributed by atoms with Crippen molar-refractivity contribution in [1.82, 2.24) is 9.97 Å². The second kappa shape index (κ2) is 4.14. The van der Waals surface area contributed by atoms with Gasteiger partial charge in [0, 0.05) is 30.1 Å². The molecule has 0 saturated heterocycles. The van der Waals surface area contributed by atoms with Crippen molar-refractivity contribution in [2.24, 2.45) is 5.73 Å². The fourth-order valence-corrected chi connectivity index (χ4v) is 1.36. The van der Waals surface area contributed by atoms with E-state index in [0.717, 1.165) is 11.1 Å². The number of halogens is 1. The third-order valence-electron chi connectivity index (χ3n) is 2.16. The molecule has 3 nitrogen and oxygen atoms in total. The summed E-state index contributed by atoms with van der Waals surface area (Å²) >= 11 is 0. The van der Waals surface area contributed by atoms with Gasteiger partial charge in [-0.2, -0.15) is 0 Å². The van der Waals surface area contributed by atoms with E-state index in [-0.39, 0.29) is 12.4 Å². The van der Waals surface area contributed by atoms with Crippen LogP contribution in [0.2, 0.25) is 0 Å². The summed E-state index contributed by atoms with van der Waals surface area (Å²) in [6.45, 7) is 0.188. The van der Waals surface area contributed by atoms with Gasteiger partial charge in [-0.25, -0.2) is 14.4 Å². The number of aromatic nitrogens is 2. The first-order valence-electron chi connectivity index (χ1n) is 4.55. The average Bonchev–Trinajstić information content (AvgIpc) is 2.31. The van der Waals surface area contributed by atoms with Crippen LogP contribution in [0.15, 0.2) is 36.9 Å². The number of nitrogens with zero attached hydrogens (tertiary/aromatic N) is 2. The average molecular weight is 203 g/mol. The predicted molar refractivity (Wildman–Crippen MR) is 55.3 cm³/mol. The van der Waals surface area contributed by atoms with Crippen molar-refractivity contribution in [3.05, 3.63) is 48.3 Å². The van der Waals surface area contributed by atoms with Crippen molar-refractivity contribution < 1.29 is 4.39 Å². The van der Waals surface area contributed by atoms with Crippen molar-refractivity contribution in [1.29, 1.82) is 0 Å². The van der Waals surface area contributed by atoms with E-state index in [0.29, 0.717) is 5.56 Å². The molecular formula is C11H10FN3. The molecular weight excluding hydrogens is 193 g/mol. The summed E-state index contributed by atoms with van der Waals surface area (Å²) in [5.74, 6) is -0.280. The largest absolute Gasteiger partial charge is 0.326 e. The normalized spacial score (nSPS) is 10.3. The Morgan fingerprint density at radius 3 is 2.53 bits per heavy atom. The van der Waals surface area contributed by atoms with Gasteiger partial charge in [-0.15, -0.1) is 0 Å². The molecule has 0 spiro atoms. The molecule has 76 valence electrons. The van der Waals surface area contributed by atoms with Crippen LogP contribution in [-0.4, -0.2) is 9.97 Å². The summed E-state index contributed by atoms with van der Waals surface area (Å²) in [6.07, 6.45) is 4.82. The van der Waals surface area contributed by atoms with Crippen LogP contribution >= 0.6 is 0 Å². The van der Waals surface area contributed by atoms with E-state index < -0.39 is 0 Å². The Hall–Kier alpha value is -1.81. The summed E-state index contributed by atoms with van der Waals surface area (Å²) in [5.41, 5.74) is 7.65. The maximum atomic E-state index is 13.2. The third kappa shape index (κ3) is 1.99. The van der Waals surface area contributed by atoms with E-state index in [2.05, 4.69) is 9.97 Å². The van der Waals surface area contributed by atoms with Gasteiger partial charge in [-0.1, -0.05) is 6.07 Å². The van der Waals surface area contributed by atoms with Crippen molar-refractivity contribution in [2.45, 2.75) is 6.54 Å². The highest BCUT2D eigenvalue weighted by atomic mass is 19.1. The number of benzene rings is 1. The number of hydrogen-bond acceptors (Lipinski definition) is 3. The summed E-state index contributed by atoms with van der Waals surface area (Å²) in [4.78, 5) is 7.81. The maximum absolute atomic E-state index is 13.2. The Morgan fingerprint density at radius 2 is 1.87 bits per heavy atom. The second-order valence-electron chi connectivity index (χ2n) is 3.14. The van der Waals surface area contributed by atoms with E-state index in [1.807, 2.05) is 0 Å². The SMILES string of the molecule is NCc1cc(-c2cncnc2)ccc1F. The molecule has 0 fully saturated rings. The molecule has 0 radical (unpaired) electrons. The van der Waals surface area contributed by atoms with Crippen LogP contribution in [0.4, 0.5) is 4.39 Å². The molecule has 0 aliphatic rings. The Labute approximate surface area is 86.8 Å². The van der Waals surface area contributed by atoms with E-state index in [9.17, 15) is 4.39 Å². The molecule has 2 N–H and O–H groups in total. The molecule has 0 unspecified atom stereocenters. The quantitative estimate of drug-likeness (QED) is 0.808. The molecule has 4 heteroatoms. The Balaban J connectivity index is 2.46.